The Morgan fingerprint density at radius 1 is 1.24 bits per heavy atom. The van der Waals surface area contributed by atoms with Crippen LogP contribution in [-0.4, -0.2) is 23.6 Å². The van der Waals surface area contributed by atoms with Crippen molar-refractivity contribution in [3.05, 3.63) is 65.2 Å². The number of aromatic amines is 1. The van der Waals surface area contributed by atoms with Gasteiger partial charge in [0, 0.05) is 11.6 Å². The molecule has 1 heterocycles. The van der Waals surface area contributed by atoms with Crippen LogP contribution in [0.4, 0.5) is 5.69 Å². The van der Waals surface area contributed by atoms with Crippen LogP contribution in [0.1, 0.15) is 5.56 Å². The Kier molecular flexibility index (Phi) is 5.72. The number of H-pyrrole nitrogens is 1. The highest BCUT2D eigenvalue weighted by Crippen LogP contribution is 2.35. The third-order valence-electron chi connectivity index (χ3n) is 3.96. The molecule has 3 aromatic rings. The van der Waals surface area contributed by atoms with E-state index in [1.807, 2.05) is 6.92 Å². The lowest BCUT2D eigenvalue weighted by atomic mass is 10.2. The van der Waals surface area contributed by atoms with Crippen LogP contribution in [0.2, 0.25) is 0 Å². The van der Waals surface area contributed by atoms with Crippen LogP contribution in [0.25, 0.3) is 10.9 Å². The first-order valence-electron chi connectivity index (χ1n) is 8.27. The van der Waals surface area contributed by atoms with E-state index in [1.165, 1.54) is 12.1 Å². The van der Waals surface area contributed by atoms with Gasteiger partial charge in [0.25, 0.3) is 0 Å². The van der Waals surface area contributed by atoms with E-state index in [0.29, 0.717) is 10.9 Å². The third-order valence-corrected chi connectivity index (χ3v) is 5.84. The van der Waals surface area contributed by atoms with Crippen LogP contribution in [0.15, 0.2) is 74.8 Å². The van der Waals surface area contributed by atoms with Crippen molar-refractivity contribution < 1.29 is 13.5 Å². The number of nitrogens with zero attached hydrogens (tertiary/aromatic N) is 3. The summed E-state index contributed by atoms with van der Waals surface area (Å²) < 4.78 is 25.1. The number of allylic oxidation sites excluding steroid dienone is 1. The van der Waals surface area contributed by atoms with E-state index in [2.05, 4.69) is 20.5 Å². The molecule has 29 heavy (non-hydrogen) atoms. The van der Waals surface area contributed by atoms with Gasteiger partial charge in [0.05, 0.1) is 10.4 Å². The molecule has 0 atom stereocenters. The van der Waals surface area contributed by atoms with E-state index in [0.717, 1.165) is 11.8 Å². The fourth-order valence-electron chi connectivity index (χ4n) is 2.48. The standard InChI is InChI=1S/C19H15N5O3S2/c1-12-6-8-13(9-7-12)29(26,27)14(10-20)11-21-19(28)24-23-17-15-4-2-3-5-16(15)22-18(17)25/h2-9,11,22,25H,1H3,(H,21,28)/b14-11-,24-23?. The highest BCUT2D eigenvalue weighted by Gasteiger charge is 2.20. The molecule has 0 aliphatic heterocycles. The van der Waals surface area contributed by atoms with Crippen molar-refractivity contribution in [1.82, 2.24) is 10.3 Å². The van der Waals surface area contributed by atoms with Gasteiger partial charge >= 0.3 is 0 Å². The number of aryl methyl sites for hydroxylation is 1. The maximum absolute atomic E-state index is 12.6. The van der Waals surface area contributed by atoms with Crippen molar-refractivity contribution in [1.29, 1.82) is 5.26 Å². The first-order valence-corrected chi connectivity index (χ1v) is 10.2. The molecule has 0 saturated heterocycles. The highest BCUT2D eigenvalue weighted by atomic mass is 32.2. The zero-order valence-corrected chi connectivity index (χ0v) is 16.8. The maximum Gasteiger partial charge on any atom is 0.218 e. The molecule has 10 heteroatoms. The summed E-state index contributed by atoms with van der Waals surface area (Å²) in [6.45, 7) is 1.83. The molecule has 1 aromatic heterocycles. The van der Waals surface area contributed by atoms with Gasteiger partial charge in [-0.15, -0.1) is 10.2 Å². The molecule has 8 nitrogen and oxygen atoms in total. The Morgan fingerprint density at radius 3 is 2.62 bits per heavy atom. The van der Waals surface area contributed by atoms with Crippen molar-refractivity contribution in [3.8, 4) is 11.9 Å². The number of para-hydroxylation sites is 1. The summed E-state index contributed by atoms with van der Waals surface area (Å²) in [5, 5.41) is 29.8. The van der Waals surface area contributed by atoms with Gasteiger partial charge in [-0.25, -0.2) is 8.42 Å². The third kappa shape index (κ3) is 4.31. The minimum absolute atomic E-state index is 0.00559. The zero-order chi connectivity index (χ0) is 21.0. The van der Waals surface area contributed by atoms with Gasteiger partial charge in [-0.2, -0.15) is 5.26 Å². The van der Waals surface area contributed by atoms with E-state index >= 15 is 0 Å². The second-order valence-electron chi connectivity index (χ2n) is 5.95. The van der Waals surface area contributed by atoms with E-state index in [-0.39, 0.29) is 21.6 Å². The number of fused-ring (bicyclic) bond motifs is 1. The average Bonchev–Trinajstić information content (AvgIpc) is 3.02. The fraction of sp³-hybridized carbons (Fsp3) is 0.0526. The molecule has 0 radical (unpaired) electrons. The van der Waals surface area contributed by atoms with Gasteiger partial charge < -0.3 is 15.4 Å². The van der Waals surface area contributed by atoms with Crippen molar-refractivity contribution in [3.63, 3.8) is 0 Å². The predicted octanol–water partition coefficient (Wildman–Crippen LogP) is 3.98. The molecule has 0 spiro atoms. The lowest BCUT2D eigenvalue weighted by Crippen LogP contribution is -2.14. The monoisotopic (exact) mass is 425 g/mol. The largest absolute Gasteiger partial charge is 0.493 e. The lowest BCUT2D eigenvalue weighted by Gasteiger charge is -2.04. The smallest absolute Gasteiger partial charge is 0.218 e. The number of azo groups is 1. The number of thiocarbonyl (C=S) groups is 1. The normalized spacial score (nSPS) is 12.2. The van der Waals surface area contributed by atoms with Gasteiger partial charge in [-0.05, 0) is 37.3 Å². The number of nitriles is 1. The summed E-state index contributed by atoms with van der Waals surface area (Å²) in [6.07, 6.45) is 0.964. The van der Waals surface area contributed by atoms with E-state index in [4.69, 9.17) is 12.2 Å². The van der Waals surface area contributed by atoms with Gasteiger partial charge in [0.2, 0.25) is 20.8 Å². The Bertz CT molecular complexity index is 1280. The maximum atomic E-state index is 12.6. The van der Waals surface area contributed by atoms with E-state index in [9.17, 15) is 18.8 Å². The number of sulfone groups is 1. The summed E-state index contributed by atoms with van der Waals surface area (Å²) >= 11 is 5.00. The Morgan fingerprint density at radius 2 is 1.93 bits per heavy atom. The quantitative estimate of drug-likeness (QED) is 0.329. The molecular weight excluding hydrogens is 410 g/mol. The molecule has 3 N–H and O–H groups in total. The zero-order valence-electron chi connectivity index (χ0n) is 15.1. The summed E-state index contributed by atoms with van der Waals surface area (Å²) in [6, 6.07) is 14.9. The van der Waals surface area contributed by atoms with Gasteiger partial charge in [0.1, 0.15) is 6.07 Å². The Labute approximate surface area is 172 Å². The average molecular weight is 425 g/mol. The number of rotatable bonds is 4. The van der Waals surface area contributed by atoms with Gasteiger partial charge in [-0.3, -0.25) is 0 Å². The molecule has 0 aliphatic rings. The second-order valence-corrected chi connectivity index (χ2v) is 8.26. The van der Waals surface area contributed by atoms with E-state index in [1.54, 1.807) is 42.5 Å². The van der Waals surface area contributed by atoms with Crippen molar-refractivity contribution in [2.75, 3.05) is 0 Å². The minimum Gasteiger partial charge on any atom is -0.493 e. The first kappa shape index (κ1) is 20.2. The Balaban J connectivity index is 1.79. The molecule has 146 valence electrons. The summed E-state index contributed by atoms with van der Waals surface area (Å²) in [7, 11) is -4.00. The first-order chi connectivity index (χ1) is 13.8. The second kappa shape index (κ2) is 8.22. The molecule has 0 amide bonds. The van der Waals surface area contributed by atoms with Gasteiger partial charge in [-0.1, -0.05) is 35.9 Å². The van der Waals surface area contributed by atoms with Crippen LogP contribution in [0.5, 0.6) is 5.88 Å². The van der Waals surface area contributed by atoms with Gasteiger partial charge in [0.15, 0.2) is 10.6 Å². The molecule has 0 bridgehead atoms. The van der Waals surface area contributed by atoms with Crippen LogP contribution < -0.4 is 5.32 Å². The number of aromatic hydroxyl groups is 1. The van der Waals surface area contributed by atoms with Crippen LogP contribution in [-0.2, 0) is 9.84 Å². The number of aromatic nitrogens is 1. The highest BCUT2D eigenvalue weighted by molar-refractivity contribution is 7.95. The number of nitrogens with one attached hydrogen (secondary N) is 2. The number of hydrogen-bond donors (Lipinski definition) is 3. The van der Waals surface area contributed by atoms with Crippen LogP contribution in [0.3, 0.4) is 0 Å². The number of hydrogen-bond acceptors (Lipinski definition) is 6. The van der Waals surface area contributed by atoms with Crippen molar-refractivity contribution in [2.45, 2.75) is 11.8 Å². The van der Waals surface area contributed by atoms with Crippen molar-refractivity contribution >= 4 is 43.8 Å². The van der Waals surface area contributed by atoms with Crippen LogP contribution >= 0.6 is 12.2 Å². The molecule has 0 unspecified atom stereocenters. The number of benzene rings is 2. The van der Waals surface area contributed by atoms with Crippen LogP contribution in [0, 0.1) is 18.3 Å². The predicted molar refractivity (Wildman–Crippen MR) is 112 cm³/mol. The molecular formula is C19H15N5O3S2. The molecule has 2 aromatic carbocycles. The summed E-state index contributed by atoms with van der Waals surface area (Å²) in [5.74, 6) is -0.173. The lowest BCUT2D eigenvalue weighted by molar-refractivity contribution is 0.459. The molecule has 0 aliphatic carbocycles. The molecule has 3 rings (SSSR count). The summed E-state index contributed by atoms with van der Waals surface area (Å²) in [5.41, 5.74) is 1.77. The molecule has 0 fully saturated rings. The summed E-state index contributed by atoms with van der Waals surface area (Å²) in [4.78, 5) is 2.23. The Hall–Kier alpha value is -3.55. The fourth-order valence-corrected chi connectivity index (χ4v) is 3.66. The minimum atomic E-state index is -4.00. The molecule has 0 saturated carbocycles. The SMILES string of the molecule is Cc1ccc(S(=O)(=O)/C(C#N)=C\NC(=S)N=Nc2c(O)[nH]c3ccccc23)cc1. The topological polar surface area (TPSA) is 131 Å². The van der Waals surface area contributed by atoms with E-state index < -0.39 is 14.7 Å². The van der Waals surface area contributed by atoms with Crippen molar-refractivity contribution in [2.24, 2.45) is 10.2 Å².